The second kappa shape index (κ2) is 6.65. The van der Waals surface area contributed by atoms with Crippen LogP contribution in [-0.4, -0.2) is 38.3 Å². The summed E-state index contributed by atoms with van der Waals surface area (Å²) in [6, 6.07) is 8.26. The molecule has 7 heteroatoms. The van der Waals surface area contributed by atoms with Crippen LogP contribution in [0.15, 0.2) is 43.0 Å². The fourth-order valence-corrected chi connectivity index (χ4v) is 1.92. The number of carbonyl (C=O) groups is 2. The second-order valence-electron chi connectivity index (χ2n) is 4.60. The van der Waals surface area contributed by atoms with Crippen LogP contribution in [-0.2, 0) is 9.59 Å². The van der Waals surface area contributed by atoms with Crippen LogP contribution < -0.4 is 5.32 Å². The number of nitrogens with one attached hydrogen (secondary N) is 1. The van der Waals surface area contributed by atoms with Gasteiger partial charge in [0.25, 0.3) is 0 Å². The first-order chi connectivity index (χ1) is 10.1. The van der Waals surface area contributed by atoms with Crippen molar-refractivity contribution >= 4 is 11.9 Å². The predicted molar refractivity (Wildman–Crippen MR) is 74.6 cm³/mol. The van der Waals surface area contributed by atoms with Gasteiger partial charge in [-0.3, -0.25) is 9.59 Å². The van der Waals surface area contributed by atoms with Crippen LogP contribution in [0.1, 0.15) is 24.4 Å². The number of rotatable bonds is 6. The number of hydrogen-bond donors (Lipinski definition) is 2. The summed E-state index contributed by atoms with van der Waals surface area (Å²) in [4.78, 5) is 27.1. The van der Waals surface area contributed by atoms with Gasteiger partial charge in [-0.1, -0.05) is 30.3 Å². The van der Waals surface area contributed by atoms with Crippen molar-refractivity contribution in [2.45, 2.75) is 18.9 Å². The van der Waals surface area contributed by atoms with Gasteiger partial charge in [0.15, 0.2) is 0 Å². The molecule has 0 saturated carbocycles. The number of benzene rings is 1. The number of hydrogen-bond acceptors (Lipinski definition) is 4. The van der Waals surface area contributed by atoms with E-state index in [-0.39, 0.29) is 12.5 Å². The Morgan fingerprint density at radius 3 is 2.62 bits per heavy atom. The van der Waals surface area contributed by atoms with E-state index in [1.165, 1.54) is 17.3 Å². The smallest absolute Gasteiger partial charge is 0.312 e. The fourth-order valence-electron chi connectivity index (χ4n) is 1.92. The monoisotopic (exact) mass is 288 g/mol. The van der Waals surface area contributed by atoms with E-state index in [1.54, 1.807) is 31.2 Å². The summed E-state index contributed by atoms with van der Waals surface area (Å²) in [6.45, 7) is 1.69. The average Bonchev–Trinajstić information content (AvgIpc) is 3.01. The van der Waals surface area contributed by atoms with Gasteiger partial charge in [-0.25, -0.2) is 9.67 Å². The normalized spacial score (nSPS) is 13.4. The van der Waals surface area contributed by atoms with Crippen molar-refractivity contribution in [1.29, 1.82) is 0 Å². The number of aromatic nitrogens is 3. The fraction of sp³-hybridized carbons (Fsp3) is 0.286. The minimum absolute atomic E-state index is 0.0250. The molecule has 0 radical (unpaired) electrons. The zero-order valence-corrected chi connectivity index (χ0v) is 11.5. The Kier molecular flexibility index (Phi) is 4.65. The molecule has 110 valence electrons. The van der Waals surface area contributed by atoms with Gasteiger partial charge >= 0.3 is 5.97 Å². The Morgan fingerprint density at radius 2 is 2.05 bits per heavy atom. The predicted octanol–water partition coefficient (Wildman–Crippen LogP) is 0.824. The van der Waals surface area contributed by atoms with Crippen LogP contribution in [0.4, 0.5) is 0 Å². The van der Waals surface area contributed by atoms with Crippen molar-refractivity contribution < 1.29 is 14.7 Å². The first kappa shape index (κ1) is 14.7. The van der Waals surface area contributed by atoms with Gasteiger partial charge in [0.05, 0.1) is 5.92 Å². The summed E-state index contributed by atoms with van der Waals surface area (Å²) in [5, 5.41) is 15.8. The van der Waals surface area contributed by atoms with Crippen molar-refractivity contribution in [3.05, 3.63) is 48.5 Å². The average molecular weight is 288 g/mol. The molecule has 2 atom stereocenters. The van der Waals surface area contributed by atoms with Crippen LogP contribution in [0.3, 0.4) is 0 Å². The van der Waals surface area contributed by atoms with E-state index >= 15 is 0 Å². The molecule has 1 aromatic carbocycles. The van der Waals surface area contributed by atoms with Crippen LogP contribution in [0.2, 0.25) is 0 Å². The molecule has 0 aliphatic carbocycles. The van der Waals surface area contributed by atoms with Crippen molar-refractivity contribution in [2.75, 3.05) is 6.54 Å². The maximum absolute atomic E-state index is 12.0. The third kappa shape index (κ3) is 3.65. The minimum atomic E-state index is -0.977. The Labute approximate surface area is 121 Å². The molecule has 2 aromatic rings. The summed E-state index contributed by atoms with van der Waals surface area (Å²) >= 11 is 0. The summed E-state index contributed by atoms with van der Waals surface area (Å²) in [6.07, 6.45) is 2.78. The van der Waals surface area contributed by atoms with Crippen LogP contribution in [0.25, 0.3) is 0 Å². The van der Waals surface area contributed by atoms with E-state index in [4.69, 9.17) is 0 Å². The molecule has 1 heterocycles. The standard InChI is InChI=1S/C14H16N4O3/c1-10(18-9-15-8-17-18)13(19)16-7-12(14(20)21)11-5-3-2-4-6-11/h2-6,8-10,12H,7H2,1H3,(H,16,19)(H,20,21). The van der Waals surface area contributed by atoms with E-state index < -0.39 is 17.9 Å². The number of amides is 1. The van der Waals surface area contributed by atoms with Crippen molar-refractivity contribution in [1.82, 2.24) is 20.1 Å². The molecule has 2 rings (SSSR count). The van der Waals surface area contributed by atoms with E-state index in [1.807, 2.05) is 6.07 Å². The van der Waals surface area contributed by atoms with E-state index in [0.29, 0.717) is 5.56 Å². The summed E-state index contributed by atoms with van der Waals surface area (Å²) in [5.41, 5.74) is 0.652. The Bertz CT molecular complexity index is 598. The molecule has 21 heavy (non-hydrogen) atoms. The van der Waals surface area contributed by atoms with Crippen LogP contribution in [0.5, 0.6) is 0 Å². The lowest BCUT2D eigenvalue weighted by Gasteiger charge is -2.16. The van der Waals surface area contributed by atoms with Gasteiger partial charge in [-0.2, -0.15) is 5.10 Å². The third-order valence-corrected chi connectivity index (χ3v) is 3.19. The molecule has 0 spiro atoms. The Morgan fingerprint density at radius 1 is 1.33 bits per heavy atom. The summed E-state index contributed by atoms with van der Waals surface area (Å²) < 4.78 is 1.41. The Hall–Kier alpha value is -2.70. The van der Waals surface area contributed by atoms with E-state index in [0.717, 1.165) is 0 Å². The number of carboxylic acids is 1. The highest BCUT2D eigenvalue weighted by molar-refractivity contribution is 5.81. The first-order valence-corrected chi connectivity index (χ1v) is 6.49. The number of carbonyl (C=O) groups excluding carboxylic acids is 1. The first-order valence-electron chi connectivity index (χ1n) is 6.49. The highest BCUT2D eigenvalue weighted by Crippen LogP contribution is 2.15. The molecule has 0 aliphatic heterocycles. The van der Waals surface area contributed by atoms with Gasteiger partial charge in [-0.05, 0) is 12.5 Å². The highest BCUT2D eigenvalue weighted by Gasteiger charge is 2.22. The minimum Gasteiger partial charge on any atom is -0.481 e. The summed E-state index contributed by atoms with van der Waals surface area (Å²) in [7, 11) is 0. The van der Waals surface area contributed by atoms with E-state index in [9.17, 15) is 14.7 Å². The Balaban J connectivity index is 1.99. The van der Waals surface area contributed by atoms with Crippen molar-refractivity contribution in [2.24, 2.45) is 0 Å². The molecule has 1 amide bonds. The highest BCUT2D eigenvalue weighted by atomic mass is 16.4. The number of carboxylic acid groups (broad SMARTS) is 1. The molecule has 0 bridgehead atoms. The van der Waals surface area contributed by atoms with Gasteiger partial charge in [0.1, 0.15) is 18.7 Å². The zero-order chi connectivity index (χ0) is 15.2. The van der Waals surface area contributed by atoms with Crippen molar-refractivity contribution in [3.63, 3.8) is 0 Å². The SMILES string of the molecule is CC(C(=O)NCC(C(=O)O)c1ccccc1)n1cncn1. The molecule has 1 aromatic heterocycles. The van der Waals surface area contributed by atoms with Gasteiger partial charge in [-0.15, -0.1) is 0 Å². The summed E-state index contributed by atoms with van der Waals surface area (Å²) in [5.74, 6) is -2.06. The molecule has 7 nitrogen and oxygen atoms in total. The van der Waals surface area contributed by atoms with Gasteiger partial charge < -0.3 is 10.4 Å². The van der Waals surface area contributed by atoms with Gasteiger partial charge in [0.2, 0.25) is 5.91 Å². The molecule has 0 fully saturated rings. The van der Waals surface area contributed by atoms with Crippen molar-refractivity contribution in [3.8, 4) is 0 Å². The molecule has 2 N–H and O–H groups in total. The lowest BCUT2D eigenvalue weighted by Crippen LogP contribution is -2.36. The third-order valence-electron chi connectivity index (χ3n) is 3.19. The maximum Gasteiger partial charge on any atom is 0.312 e. The lowest BCUT2D eigenvalue weighted by molar-refractivity contribution is -0.138. The largest absolute Gasteiger partial charge is 0.481 e. The second-order valence-corrected chi connectivity index (χ2v) is 4.60. The molecule has 2 unspecified atom stereocenters. The van der Waals surface area contributed by atoms with E-state index in [2.05, 4.69) is 15.4 Å². The molecule has 0 aliphatic rings. The number of nitrogens with zero attached hydrogens (tertiary/aromatic N) is 3. The zero-order valence-electron chi connectivity index (χ0n) is 11.5. The molecule has 0 saturated heterocycles. The van der Waals surface area contributed by atoms with Crippen LogP contribution in [0, 0.1) is 0 Å². The molecular weight excluding hydrogens is 272 g/mol. The topological polar surface area (TPSA) is 97.1 Å². The lowest BCUT2D eigenvalue weighted by atomic mass is 9.99. The number of aliphatic carboxylic acids is 1. The van der Waals surface area contributed by atoms with Gasteiger partial charge in [0, 0.05) is 6.54 Å². The molecular formula is C14H16N4O3. The maximum atomic E-state index is 12.0. The van der Waals surface area contributed by atoms with Crippen LogP contribution >= 0.6 is 0 Å². The quantitative estimate of drug-likeness (QED) is 0.820.